The fourth-order valence-electron chi connectivity index (χ4n) is 4.36. The molecule has 0 aromatic heterocycles. The molecule has 124 valence electrons. The molecule has 4 rings (SSSR count). The van der Waals surface area contributed by atoms with Gasteiger partial charge in [-0.1, -0.05) is 48.6 Å². The number of carbonyl (C=O) groups is 1. The molecule has 4 aliphatic rings. The lowest BCUT2D eigenvalue weighted by atomic mass is 9.49. The van der Waals surface area contributed by atoms with Crippen molar-refractivity contribution in [1.82, 2.24) is 5.32 Å². The van der Waals surface area contributed by atoms with E-state index in [1.54, 1.807) is 0 Å². The number of carbonyl (C=O) groups excluding carboxylic acids is 1. The predicted molar refractivity (Wildman–Crippen MR) is 95.0 cm³/mol. The number of hydrogen-bond acceptors (Lipinski definition) is 1. The molecule has 3 nitrogen and oxygen atoms in total. The molecule has 0 radical (unpaired) electrons. The first-order chi connectivity index (χ1) is 11.6. The molecule has 0 heterocycles. The lowest BCUT2D eigenvalue weighted by Crippen LogP contribution is -2.55. The van der Waals surface area contributed by atoms with Crippen LogP contribution in [0.25, 0.3) is 4.85 Å². The summed E-state index contributed by atoms with van der Waals surface area (Å²) < 4.78 is 0. The molecule has 1 amide bonds. The van der Waals surface area contributed by atoms with Crippen LogP contribution in [0.4, 0.5) is 0 Å². The minimum atomic E-state index is -0.343. The Morgan fingerprint density at radius 2 is 1.75 bits per heavy atom. The Balaban J connectivity index is 1.49. The number of hydrogen-bond donors (Lipinski definition) is 1. The number of amides is 1. The SMILES string of the molecule is [C-]#[N+]CCC1(C(=O)NC2CC2)CC2(C=CC3(C=CCC=C3)C=C2)C1. The normalized spacial score (nSPS) is 27.0. The van der Waals surface area contributed by atoms with E-state index in [2.05, 4.69) is 58.8 Å². The molecule has 0 saturated heterocycles. The molecule has 2 saturated carbocycles. The first-order valence-electron chi connectivity index (χ1n) is 9.00. The van der Waals surface area contributed by atoms with Crippen molar-refractivity contribution >= 4 is 5.91 Å². The molecular formula is C21H24N2O. The Bertz CT molecular complexity index is 664. The first-order valence-corrected chi connectivity index (χ1v) is 9.00. The van der Waals surface area contributed by atoms with Gasteiger partial charge in [0.05, 0.1) is 5.41 Å². The van der Waals surface area contributed by atoms with Gasteiger partial charge in [-0.3, -0.25) is 4.79 Å². The van der Waals surface area contributed by atoms with Gasteiger partial charge in [-0.25, -0.2) is 6.57 Å². The smallest absolute Gasteiger partial charge is 0.226 e. The zero-order chi connectivity index (χ0) is 16.7. The van der Waals surface area contributed by atoms with Crippen LogP contribution in [0.5, 0.6) is 0 Å². The van der Waals surface area contributed by atoms with E-state index in [4.69, 9.17) is 6.57 Å². The van der Waals surface area contributed by atoms with Gasteiger partial charge in [0.1, 0.15) is 0 Å². The minimum absolute atomic E-state index is 0.00724. The number of allylic oxidation sites excluding steroid dienone is 8. The highest BCUT2D eigenvalue weighted by atomic mass is 16.2. The Morgan fingerprint density at radius 3 is 2.33 bits per heavy atom. The standard InChI is InChI=1S/C21H24N2O/c1-22-14-13-21(18(24)23-17-5-6-17)15-20(16-21)11-9-19(10-12-20)7-3-2-4-8-19/h3-4,7-12,17H,2,5-6,13-16H2,(H,23,24). The summed E-state index contributed by atoms with van der Waals surface area (Å²) in [5, 5.41) is 3.17. The highest BCUT2D eigenvalue weighted by Crippen LogP contribution is 2.60. The van der Waals surface area contributed by atoms with Crippen LogP contribution < -0.4 is 5.32 Å². The molecule has 1 N–H and O–H groups in total. The summed E-state index contributed by atoms with van der Waals surface area (Å²) in [5.41, 5.74) is -0.396. The molecule has 0 aromatic rings. The second-order valence-electron chi connectivity index (χ2n) is 7.95. The summed E-state index contributed by atoms with van der Waals surface area (Å²) in [5.74, 6) is 0.179. The van der Waals surface area contributed by atoms with E-state index in [1.807, 2.05) is 0 Å². The van der Waals surface area contributed by atoms with Crippen LogP contribution in [0, 0.1) is 22.8 Å². The van der Waals surface area contributed by atoms with Crippen molar-refractivity contribution < 1.29 is 4.79 Å². The fraction of sp³-hybridized carbons (Fsp3) is 0.524. The molecule has 2 spiro atoms. The molecule has 0 unspecified atom stereocenters. The topological polar surface area (TPSA) is 33.5 Å². The quantitative estimate of drug-likeness (QED) is 0.617. The van der Waals surface area contributed by atoms with Gasteiger partial charge in [0.15, 0.2) is 0 Å². The van der Waals surface area contributed by atoms with E-state index in [9.17, 15) is 4.79 Å². The summed E-state index contributed by atoms with van der Waals surface area (Å²) in [6.45, 7) is 7.53. The zero-order valence-corrected chi connectivity index (χ0v) is 14.0. The molecular weight excluding hydrogens is 296 g/mol. The van der Waals surface area contributed by atoms with Crippen molar-refractivity contribution in [1.29, 1.82) is 0 Å². The third-order valence-corrected chi connectivity index (χ3v) is 5.92. The Labute approximate surface area is 144 Å². The van der Waals surface area contributed by atoms with E-state index in [0.717, 1.165) is 32.1 Å². The summed E-state index contributed by atoms with van der Waals surface area (Å²) in [6, 6.07) is 0.386. The molecule has 0 atom stereocenters. The highest BCUT2D eigenvalue weighted by Gasteiger charge is 2.57. The summed E-state index contributed by atoms with van der Waals surface area (Å²) in [6.07, 6.45) is 23.6. The van der Waals surface area contributed by atoms with Gasteiger partial charge >= 0.3 is 0 Å². The lowest BCUT2D eigenvalue weighted by molar-refractivity contribution is -0.142. The summed E-state index contributed by atoms with van der Waals surface area (Å²) in [7, 11) is 0. The monoisotopic (exact) mass is 320 g/mol. The molecule has 24 heavy (non-hydrogen) atoms. The Kier molecular flexibility index (Phi) is 3.53. The van der Waals surface area contributed by atoms with E-state index in [0.29, 0.717) is 19.0 Å². The van der Waals surface area contributed by atoms with Gasteiger partial charge in [0, 0.05) is 23.3 Å². The van der Waals surface area contributed by atoms with Gasteiger partial charge in [0.25, 0.3) is 0 Å². The van der Waals surface area contributed by atoms with Crippen LogP contribution >= 0.6 is 0 Å². The molecule has 3 heteroatoms. The number of rotatable bonds is 4. The first kappa shape index (κ1) is 15.4. The average molecular weight is 320 g/mol. The summed E-state index contributed by atoms with van der Waals surface area (Å²) >= 11 is 0. The minimum Gasteiger partial charge on any atom is -0.353 e. The van der Waals surface area contributed by atoms with Gasteiger partial charge in [-0.2, -0.15) is 0 Å². The van der Waals surface area contributed by atoms with E-state index in [-0.39, 0.29) is 22.2 Å². The molecule has 0 aliphatic heterocycles. The largest absolute Gasteiger partial charge is 0.353 e. The highest BCUT2D eigenvalue weighted by molar-refractivity contribution is 5.85. The van der Waals surface area contributed by atoms with Crippen LogP contribution in [0.2, 0.25) is 0 Å². The van der Waals surface area contributed by atoms with Gasteiger partial charge in [-0.05, 0) is 32.1 Å². The zero-order valence-electron chi connectivity index (χ0n) is 14.0. The maximum Gasteiger partial charge on any atom is 0.226 e. The second kappa shape index (κ2) is 5.48. The average Bonchev–Trinajstić information content (AvgIpc) is 3.37. The maximum atomic E-state index is 12.7. The van der Waals surface area contributed by atoms with E-state index >= 15 is 0 Å². The van der Waals surface area contributed by atoms with Gasteiger partial charge in [0.2, 0.25) is 12.5 Å². The number of nitrogens with one attached hydrogen (secondary N) is 1. The van der Waals surface area contributed by atoms with Crippen LogP contribution in [0.3, 0.4) is 0 Å². The van der Waals surface area contributed by atoms with Crippen molar-refractivity contribution in [3.05, 3.63) is 60.0 Å². The second-order valence-corrected chi connectivity index (χ2v) is 7.95. The van der Waals surface area contributed by atoms with E-state index < -0.39 is 0 Å². The van der Waals surface area contributed by atoms with Crippen molar-refractivity contribution in [3.63, 3.8) is 0 Å². The van der Waals surface area contributed by atoms with Crippen LogP contribution in [-0.2, 0) is 4.79 Å². The molecule has 0 bridgehead atoms. The number of nitrogens with zero attached hydrogens (tertiary/aromatic N) is 1. The van der Waals surface area contributed by atoms with Crippen molar-refractivity contribution in [2.75, 3.05) is 6.54 Å². The Morgan fingerprint density at radius 1 is 1.08 bits per heavy atom. The van der Waals surface area contributed by atoms with Gasteiger partial charge in [-0.15, -0.1) is 0 Å². The molecule has 4 aliphatic carbocycles. The maximum absolute atomic E-state index is 12.7. The van der Waals surface area contributed by atoms with Crippen molar-refractivity contribution in [2.45, 2.75) is 44.6 Å². The van der Waals surface area contributed by atoms with Crippen LogP contribution in [-0.4, -0.2) is 18.5 Å². The Hall–Kier alpha value is -2.08. The molecule has 2 fully saturated rings. The third kappa shape index (κ3) is 2.65. The molecule has 0 aromatic carbocycles. The van der Waals surface area contributed by atoms with E-state index in [1.165, 1.54) is 0 Å². The van der Waals surface area contributed by atoms with Crippen LogP contribution in [0.1, 0.15) is 38.5 Å². The third-order valence-electron chi connectivity index (χ3n) is 5.92. The van der Waals surface area contributed by atoms with Crippen molar-refractivity contribution in [3.8, 4) is 0 Å². The lowest BCUT2D eigenvalue weighted by Gasteiger charge is -2.53. The predicted octanol–water partition coefficient (Wildman–Crippen LogP) is 3.97. The fourth-order valence-corrected chi connectivity index (χ4v) is 4.36. The summed E-state index contributed by atoms with van der Waals surface area (Å²) in [4.78, 5) is 16.2. The van der Waals surface area contributed by atoms with Gasteiger partial charge < -0.3 is 10.2 Å². The van der Waals surface area contributed by atoms with Crippen LogP contribution in [0.15, 0.2) is 48.6 Å². The van der Waals surface area contributed by atoms with Crippen molar-refractivity contribution in [2.24, 2.45) is 16.2 Å².